The van der Waals surface area contributed by atoms with E-state index in [2.05, 4.69) is 6.07 Å². The number of nitrogens with zero attached hydrogens (tertiary/aromatic N) is 1. The molecule has 0 aliphatic heterocycles. The van der Waals surface area contributed by atoms with Crippen LogP contribution < -0.4 is 0 Å². The van der Waals surface area contributed by atoms with Gasteiger partial charge >= 0.3 is 0 Å². The van der Waals surface area contributed by atoms with E-state index < -0.39 is 0 Å². The quantitative estimate of drug-likeness (QED) is 0.705. The summed E-state index contributed by atoms with van der Waals surface area (Å²) in [4.78, 5) is 0. The third kappa shape index (κ3) is 4.28. The van der Waals surface area contributed by atoms with E-state index in [0.717, 1.165) is 6.42 Å². The molecule has 0 spiro atoms. The molecule has 2 nitrogen and oxygen atoms in total. The van der Waals surface area contributed by atoms with Crippen LogP contribution >= 0.6 is 11.8 Å². The summed E-state index contributed by atoms with van der Waals surface area (Å²) in [6.07, 6.45) is 0.514. The number of hydrogen-bond acceptors (Lipinski definition) is 3. The highest BCUT2D eigenvalue weighted by atomic mass is 32.2. The molecule has 0 fully saturated rings. The molecule has 0 heterocycles. The summed E-state index contributed by atoms with van der Waals surface area (Å²) in [5.74, 6) is 0. The molecular formula is C8H15NOS. The van der Waals surface area contributed by atoms with E-state index in [9.17, 15) is 0 Å². The summed E-state index contributed by atoms with van der Waals surface area (Å²) < 4.78 is 0. The van der Waals surface area contributed by atoms with E-state index in [4.69, 9.17) is 10.4 Å². The fourth-order valence-corrected chi connectivity index (χ4v) is 1.59. The molecular weight excluding hydrogens is 158 g/mol. The van der Waals surface area contributed by atoms with Crippen molar-refractivity contribution in [3.63, 3.8) is 0 Å². The van der Waals surface area contributed by atoms with Gasteiger partial charge < -0.3 is 5.11 Å². The number of thioether (sulfide) groups is 1. The van der Waals surface area contributed by atoms with Crippen molar-refractivity contribution in [2.24, 2.45) is 0 Å². The third-order valence-corrected chi connectivity index (χ3v) is 3.16. The molecule has 11 heavy (non-hydrogen) atoms. The highest BCUT2D eigenvalue weighted by Crippen LogP contribution is 2.21. The summed E-state index contributed by atoms with van der Waals surface area (Å²) >= 11 is 1.54. The monoisotopic (exact) mass is 173 g/mol. The fourth-order valence-electron chi connectivity index (χ4n) is 0.591. The Hall–Kier alpha value is -0.200. The van der Waals surface area contributed by atoms with Crippen LogP contribution in [0.3, 0.4) is 0 Å². The van der Waals surface area contributed by atoms with Gasteiger partial charge in [0.05, 0.1) is 17.4 Å². The second kappa shape index (κ2) is 5.45. The van der Waals surface area contributed by atoms with Crippen LogP contribution in [0.2, 0.25) is 0 Å². The Morgan fingerprint density at radius 3 is 2.36 bits per heavy atom. The first-order valence-corrected chi connectivity index (χ1v) is 4.79. The van der Waals surface area contributed by atoms with Crippen molar-refractivity contribution in [3.8, 4) is 6.07 Å². The van der Waals surface area contributed by atoms with Crippen LogP contribution in [0.5, 0.6) is 0 Å². The summed E-state index contributed by atoms with van der Waals surface area (Å²) in [5, 5.41) is 17.9. The Morgan fingerprint density at radius 1 is 1.55 bits per heavy atom. The molecule has 64 valence electrons. The van der Waals surface area contributed by atoms with Crippen LogP contribution in [0.1, 0.15) is 27.2 Å². The second-order valence-electron chi connectivity index (χ2n) is 2.61. The number of aliphatic hydroxyl groups excluding tert-OH is 1. The standard InChI is InChI=1S/C8H15NOS/c1-4-8(5-9)11-7(3)6(2)10/h6-8,10H,4H2,1-3H3. The lowest BCUT2D eigenvalue weighted by Gasteiger charge is -2.16. The van der Waals surface area contributed by atoms with Crippen LogP contribution in [0.15, 0.2) is 0 Å². The van der Waals surface area contributed by atoms with Crippen molar-refractivity contribution < 1.29 is 5.11 Å². The molecule has 0 aromatic rings. The van der Waals surface area contributed by atoms with Gasteiger partial charge in [-0.2, -0.15) is 5.26 Å². The molecule has 3 atom stereocenters. The molecule has 0 radical (unpaired) electrons. The van der Waals surface area contributed by atoms with Crippen molar-refractivity contribution >= 4 is 11.8 Å². The first kappa shape index (κ1) is 10.8. The summed E-state index contributed by atoms with van der Waals surface area (Å²) in [5.41, 5.74) is 0. The fraction of sp³-hybridized carbons (Fsp3) is 0.875. The van der Waals surface area contributed by atoms with E-state index >= 15 is 0 Å². The van der Waals surface area contributed by atoms with Crippen LogP contribution in [-0.4, -0.2) is 21.7 Å². The summed E-state index contributed by atoms with van der Waals surface area (Å²) in [6.45, 7) is 5.67. The van der Waals surface area contributed by atoms with Crippen LogP contribution in [0.25, 0.3) is 0 Å². The lowest BCUT2D eigenvalue weighted by Crippen LogP contribution is -2.18. The highest BCUT2D eigenvalue weighted by molar-refractivity contribution is 8.00. The minimum Gasteiger partial charge on any atom is -0.392 e. The maximum Gasteiger partial charge on any atom is 0.0917 e. The minimum absolute atomic E-state index is 0.0274. The normalized spacial score (nSPS) is 18.5. The van der Waals surface area contributed by atoms with Crippen molar-refractivity contribution in [1.29, 1.82) is 5.26 Å². The zero-order valence-corrected chi connectivity index (χ0v) is 8.06. The van der Waals surface area contributed by atoms with Crippen molar-refractivity contribution in [2.75, 3.05) is 0 Å². The molecule has 0 aliphatic carbocycles. The lowest BCUT2D eigenvalue weighted by molar-refractivity contribution is 0.196. The van der Waals surface area contributed by atoms with Crippen molar-refractivity contribution in [2.45, 2.75) is 43.8 Å². The predicted molar refractivity (Wildman–Crippen MR) is 48.4 cm³/mol. The van der Waals surface area contributed by atoms with E-state index in [1.54, 1.807) is 18.7 Å². The van der Waals surface area contributed by atoms with Gasteiger partial charge in [0.25, 0.3) is 0 Å². The number of nitriles is 1. The van der Waals surface area contributed by atoms with Gasteiger partial charge in [-0.1, -0.05) is 13.8 Å². The topological polar surface area (TPSA) is 44.0 Å². The Balaban J connectivity index is 3.74. The zero-order valence-electron chi connectivity index (χ0n) is 7.24. The molecule has 0 aromatic carbocycles. The molecule has 0 saturated carbocycles. The number of hydrogen-bond donors (Lipinski definition) is 1. The largest absolute Gasteiger partial charge is 0.392 e. The molecule has 0 aliphatic rings. The van der Waals surface area contributed by atoms with Gasteiger partial charge in [-0.25, -0.2) is 0 Å². The Morgan fingerprint density at radius 2 is 2.09 bits per heavy atom. The summed E-state index contributed by atoms with van der Waals surface area (Å²) in [6, 6.07) is 2.19. The van der Waals surface area contributed by atoms with Crippen LogP contribution in [-0.2, 0) is 0 Å². The van der Waals surface area contributed by atoms with Gasteiger partial charge in [0.2, 0.25) is 0 Å². The van der Waals surface area contributed by atoms with E-state index in [0.29, 0.717) is 0 Å². The van der Waals surface area contributed by atoms with Gasteiger partial charge in [0.1, 0.15) is 0 Å². The molecule has 0 bridgehead atoms. The minimum atomic E-state index is -0.331. The SMILES string of the molecule is CCC(C#N)SC(C)C(C)O. The van der Waals surface area contributed by atoms with Gasteiger partial charge in [0, 0.05) is 5.25 Å². The Kier molecular flexibility index (Phi) is 5.35. The molecule has 0 saturated heterocycles. The second-order valence-corrected chi connectivity index (χ2v) is 4.19. The average molecular weight is 173 g/mol. The molecule has 0 rings (SSSR count). The maximum atomic E-state index is 9.13. The molecule has 3 heteroatoms. The smallest absolute Gasteiger partial charge is 0.0917 e. The number of rotatable bonds is 4. The first-order chi connectivity index (χ1) is 5.11. The van der Waals surface area contributed by atoms with Crippen LogP contribution in [0.4, 0.5) is 0 Å². The first-order valence-electron chi connectivity index (χ1n) is 3.85. The average Bonchev–Trinajstić information content (AvgIpc) is 1.99. The lowest BCUT2D eigenvalue weighted by atomic mass is 10.3. The molecule has 0 amide bonds. The maximum absolute atomic E-state index is 9.13. The van der Waals surface area contributed by atoms with Gasteiger partial charge in [0.15, 0.2) is 0 Å². The molecule has 1 N–H and O–H groups in total. The Labute approximate surface area is 72.6 Å². The van der Waals surface area contributed by atoms with Crippen molar-refractivity contribution in [1.82, 2.24) is 0 Å². The molecule has 3 unspecified atom stereocenters. The Bertz CT molecular complexity index is 142. The summed E-state index contributed by atoms with van der Waals surface area (Å²) in [7, 11) is 0. The van der Waals surface area contributed by atoms with Crippen molar-refractivity contribution in [3.05, 3.63) is 0 Å². The third-order valence-electron chi connectivity index (χ3n) is 1.57. The van der Waals surface area contributed by atoms with Crippen LogP contribution in [0, 0.1) is 11.3 Å². The number of aliphatic hydroxyl groups is 1. The van der Waals surface area contributed by atoms with E-state index in [-0.39, 0.29) is 16.6 Å². The van der Waals surface area contributed by atoms with Gasteiger partial charge in [-0.3, -0.25) is 0 Å². The van der Waals surface area contributed by atoms with E-state index in [1.165, 1.54) is 0 Å². The van der Waals surface area contributed by atoms with Gasteiger partial charge in [-0.05, 0) is 13.3 Å². The van der Waals surface area contributed by atoms with Gasteiger partial charge in [-0.15, -0.1) is 11.8 Å². The predicted octanol–water partition coefficient (Wildman–Crippen LogP) is 1.79. The highest BCUT2D eigenvalue weighted by Gasteiger charge is 2.14. The molecule has 0 aromatic heterocycles. The van der Waals surface area contributed by atoms with E-state index in [1.807, 2.05) is 13.8 Å². The zero-order chi connectivity index (χ0) is 8.85.